The second-order valence-corrected chi connectivity index (χ2v) is 3.02. The molecule has 0 saturated carbocycles. The predicted molar refractivity (Wildman–Crippen MR) is 51.7 cm³/mol. The van der Waals surface area contributed by atoms with Crippen molar-refractivity contribution >= 4 is 0 Å². The molecule has 0 heterocycles. The van der Waals surface area contributed by atoms with Crippen LogP contribution < -0.4 is 10.5 Å². The molecule has 1 unspecified atom stereocenters. The summed E-state index contributed by atoms with van der Waals surface area (Å²) in [5, 5.41) is 9.14. The Morgan fingerprint density at radius 2 is 2.31 bits per heavy atom. The van der Waals surface area contributed by atoms with Gasteiger partial charge < -0.3 is 15.6 Å². The van der Waals surface area contributed by atoms with E-state index in [0.29, 0.717) is 0 Å². The van der Waals surface area contributed by atoms with Gasteiger partial charge in [-0.3, -0.25) is 0 Å². The molecular weight excluding hydrogens is 166 g/mol. The molecule has 3 nitrogen and oxygen atoms in total. The molecule has 1 atom stereocenters. The van der Waals surface area contributed by atoms with Gasteiger partial charge in [0.25, 0.3) is 0 Å². The van der Waals surface area contributed by atoms with Crippen molar-refractivity contribution in [1.29, 1.82) is 0 Å². The topological polar surface area (TPSA) is 55.5 Å². The summed E-state index contributed by atoms with van der Waals surface area (Å²) in [5.41, 5.74) is 6.37. The maximum atomic E-state index is 9.14. The second kappa shape index (κ2) is 4.84. The summed E-state index contributed by atoms with van der Waals surface area (Å²) in [6.07, 6.45) is -0.583. The van der Waals surface area contributed by atoms with Gasteiger partial charge in [0.1, 0.15) is 18.5 Å². The maximum absolute atomic E-state index is 9.14. The number of ether oxygens (including phenoxy) is 1. The third kappa shape index (κ3) is 3.44. The fraction of sp³-hybridized carbons (Fsp3) is 0.400. The van der Waals surface area contributed by atoms with Crippen LogP contribution in [0.25, 0.3) is 0 Å². The number of aliphatic hydroxyl groups excluding tert-OH is 1. The third-order valence-corrected chi connectivity index (χ3v) is 1.70. The zero-order valence-corrected chi connectivity index (χ0v) is 7.73. The molecule has 0 amide bonds. The first kappa shape index (κ1) is 10.0. The summed E-state index contributed by atoms with van der Waals surface area (Å²) < 4.78 is 5.31. The van der Waals surface area contributed by atoms with E-state index in [0.717, 1.165) is 11.3 Å². The molecule has 72 valence electrons. The standard InChI is InChI=1S/C10H15NO2/c1-8-3-2-4-10(5-8)13-7-9(12)6-11/h2-5,9,12H,6-7,11H2,1H3. The Balaban J connectivity index is 2.45. The van der Waals surface area contributed by atoms with E-state index in [1.165, 1.54) is 0 Å². The van der Waals surface area contributed by atoms with Gasteiger partial charge in [-0.2, -0.15) is 0 Å². The first-order chi connectivity index (χ1) is 6.22. The van der Waals surface area contributed by atoms with E-state index in [9.17, 15) is 0 Å². The molecule has 1 rings (SSSR count). The number of rotatable bonds is 4. The zero-order valence-electron chi connectivity index (χ0n) is 7.73. The lowest BCUT2D eigenvalue weighted by Gasteiger charge is -2.10. The fourth-order valence-electron chi connectivity index (χ4n) is 0.966. The number of hydrogen-bond acceptors (Lipinski definition) is 3. The van der Waals surface area contributed by atoms with Crippen molar-refractivity contribution in [2.45, 2.75) is 13.0 Å². The van der Waals surface area contributed by atoms with Crippen LogP contribution in [-0.4, -0.2) is 24.4 Å². The van der Waals surface area contributed by atoms with Crippen LogP contribution in [0.2, 0.25) is 0 Å². The molecule has 0 aromatic heterocycles. The molecule has 0 fully saturated rings. The van der Waals surface area contributed by atoms with E-state index in [1.54, 1.807) is 0 Å². The van der Waals surface area contributed by atoms with Crippen LogP contribution in [-0.2, 0) is 0 Å². The molecule has 0 radical (unpaired) electrons. The van der Waals surface area contributed by atoms with E-state index < -0.39 is 6.10 Å². The predicted octanol–water partition coefficient (Wildman–Crippen LogP) is 0.693. The molecule has 0 aliphatic carbocycles. The number of hydrogen-bond donors (Lipinski definition) is 2. The van der Waals surface area contributed by atoms with E-state index in [-0.39, 0.29) is 13.2 Å². The zero-order chi connectivity index (χ0) is 9.68. The summed E-state index contributed by atoms with van der Waals surface area (Å²) in [4.78, 5) is 0. The lowest BCUT2D eigenvalue weighted by molar-refractivity contribution is 0.114. The average Bonchev–Trinajstić information content (AvgIpc) is 2.14. The smallest absolute Gasteiger partial charge is 0.119 e. The van der Waals surface area contributed by atoms with E-state index in [1.807, 2.05) is 31.2 Å². The minimum absolute atomic E-state index is 0.228. The van der Waals surface area contributed by atoms with Gasteiger partial charge in [0, 0.05) is 6.54 Å². The van der Waals surface area contributed by atoms with Gasteiger partial charge in [0.05, 0.1) is 0 Å². The van der Waals surface area contributed by atoms with Crippen LogP contribution in [0.3, 0.4) is 0 Å². The lowest BCUT2D eigenvalue weighted by atomic mass is 10.2. The van der Waals surface area contributed by atoms with E-state index >= 15 is 0 Å². The number of aryl methyl sites for hydroxylation is 1. The first-order valence-corrected chi connectivity index (χ1v) is 4.30. The van der Waals surface area contributed by atoms with Crippen LogP contribution in [0.1, 0.15) is 5.56 Å². The molecule has 0 aliphatic rings. The van der Waals surface area contributed by atoms with Crippen molar-refractivity contribution in [3.63, 3.8) is 0 Å². The number of benzene rings is 1. The highest BCUT2D eigenvalue weighted by Gasteiger charge is 2.01. The van der Waals surface area contributed by atoms with Crippen molar-refractivity contribution in [3.05, 3.63) is 29.8 Å². The SMILES string of the molecule is Cc1cccc(OCC(O)CN)c1. The van der Waals surface area contributed by atoms with Crippen LogP contribution in [0, 0.1) is 6.92 Å². The Labute approximate surface area is 78.1 Å². The molecule has 13 heavy (non-hydrogen) atoms. The quantitative estimate of drug-likeness (QED) is 0.718. The first-order valence-electron chi connectivity index (χ1n) is 4.30. The van der Waals surface area contributed by atoms with Gasteiger partial charge >= 0.3 is 0 Å². The molecule has 0 spiro atoms. The molecule has 0 saturated heterocycles. The van der Waals surface area contributed by atoms with Gasteiger partial charge in [-0.1, -0.05) is 12.1 Å². The average molecular weight is 181 g/mol. The lowest BCUT2D eigenvalue weighted by Crippen LogP contribution is -2.26. The minimum atomic E-state index is -0.583. The summed E-state index contributed by atoms with van der Waals surface area (Å²) in [5.74, 6) is 0.771. The molecule has 0 aliphatic heterocycles. The molecule has 0 bridgehead atoms. The highest BCUT2D eigenvalue weighted by atomic mass is 16.5. The van der Waals surface area contributed by atoms with Crippen LogP contribution in [0.4, 0.5) is 0 Å². The van der Waals surface area contributed by atoms with Crippen LogP contribution in [0.15, 0.2) is 24.3 Å². The molecule has 1 aromatic carbocycles. The largest absolute Gasteiger partial charge is 0.491 e. The highest BCUT2D eigenvalue weighted by Crippen LogP contribution is 2.12. The Bertz CT molecular complexity index is 263. The second-order valence-electron chi connectivity index (χ2n) is 3.02. The van der Waals surface area contributed by atoms with Crippen LogP contribution >= 0.6 is 0 Å². The molecule has 3 N–H and O–H groups in total. The van der Waals surface area contributed by atoms with Gasteiger partial charge in [0.15, 0.2) is 0 Å². The Morgan fingerprint density at radius 3 is 2.92 bits per heavy atom. The van der Waals surface area contributed by atoms with Gasteiger partial charge in [-0.15, -0.1) is 0 Å². The summed E-state index contributed by atoms with van der Waals surface area (Å²) >= 11 is 0. The third-order valence-electron chi connectivity index (χ3n) is 1.70. The maximum Gasteiger partial charge on any atom is 0.119 e. The van der Waals surface area contributed by atoms with Gasteiger partial charge in [-0.05, 0) is 24.6 Å². The van der Waals surface area contributed by atoms with Gasteiger partial charge in [0.2, 0.25) is 0 Å². The Morgan fingerprint density at radius 1 is 1.54 bits per heavy atom. The van der Waals surface area contributed by atoms with Crippen molar-refractivity contribution in [2.24, 2.45) is 5.73 Å². The summed E-state index contributed by atoms with van der Waals surface area (Å²) in [6, 6.07) is 7.69. The van der Waals surface area contributed by atoms with E-state index in [2.05, 4.69) is 0 Å². The summed E-state index contributed by atoms with van der Waals surface area (Å²) in [7, 11) is 0. The van der Waals surface area contributed by atoms with Crippen molar-refractivity contribution in [2.75, 3.05) is 13.2 Å². The van der Waals surface area contributed by atoms with Gasteiger partial charge in [-0.25, -0.2) is 0 Å². The monoisotopic (exact) mass is 181 g/mol. The molecular formula is C10H15NO2. The van der Waals surface area contributed by atoms with Crippen molar-refractivity contribution in [3.8, 4) is 5.75 Å². The normalized spacial score (nSPS) is 12.5. The Kier molecular flexibility index (Phi) is 3.73. The van der Waals surface area contributed by atoms with Crippen molar-refractivity contribution in [1.82, 2.24) is 0 Å². The molecule has 1 aromatic rings. The molecule has 3 heteroatoms. The minimum Gasteiger partial charge on any atom is -0.491 e. The number of nitrogens with two attached hydrogens (primary N) is 1. The summed E-state index contributed by atoms with van der Waals surface area (Å²) in [6.45, 7) is 2.47. The fourth-order valence-corrected chi connectivity index (χ4v) is 0.966. The Hall–Kier alpha value is -1.06. The van der Waals surface area contributed by atoms with Crippen molar-refractivity contribution < 1.29 is 9.84 Å². The number of aliphatic hydroxyl groups is 1. The highest BCUT2D eigenvalue weighted by molar-refractivity contribution is 5.27. The van der Waals surface area contributed by atoms with E-state index in [4.69, 9.17) is 15.6 Å². The van der Waals surface area contributed by atoms with Crippen LogP contribution in [0.5, 0.6) is 5.75 Å².